The summed E-state index contributed by atoms with van der Waals surface area (Å²) >= 11 is 0. The van der Waals surface area contributed by atoms with Gasteiger partial charge in [-0.25, -0.2) is 0 Å². The van der Waals surface area contributed by atoms with Crippen molar-refractivity contribution in [3.05, 3.63) is 6.54 Å². The highest BCUT2D eigenvalue weighted by Gasteiger charge is 2.13. The predicted octanol–water partition coefficient (Wildman–Crippen LogP) is 1.04. The fourth-order valence-corrected chi connectivity index (χ4v) is 1.16. The first kappa shape index (κ1) is 6.59. The van der Waals surface area contributed by atoms with Gasteiger partial charge in [0.2, 0.25) is 6.41 Å². The summed E-state index contributed by atoms with van der Waals surface area (Å²) in [5.41, 5.74) is 0. The van der Waals surface area contributed by atoms with E-state index in [0.717, 1.165) is 19.4 Å². The topological polar surface area (TPSA) is 20.3 Å². The molecule has 2 heteroatoms. The largest absolute Gasteiger partial charge is 0.340 e. The summed E-state index contributed by atoms with van der Waals surface area (Å²) in [5.74, 6) is 0.587. The molecule has 0 bridgehead atoms. The Morgan fingerprint density at radius 3 is 3.00 bits per heavy atom. The van der Waals surface area contributed by atoms with Crippen molar-refractivity contribution in [3.63, 3.8) is 0 Å². The van der Waals surface area contributed by atoms with Gasteiger partial charge >= 0.3 is 0 Å². The molecule has 0 aromatic carbocycles. The number of rotatable bonds is 1. The maximum atomic E-state index is 10.2. The Hall–Kier alpha value is -0.530. The van der Waals surface area contributed by atoms with E-state index in [-0.39, 0.29) is 0 Å². The minimum absolute atomic E-state index is 0.587. The maximum absolute atomic E-state index is 10.2. The average molecular weight is 126 g/mol. The monoisotopic (exact) mass is 126 g/mol. The van der Waals surface area contributed by atoms with E-state index in [2.05, 4.69) is 6.92 Å². The second-order valence-corrected chi connectivity index (χ2v) is 2.61. The van der Waals surface area contributed by atoms with Gasteiger partial charge in [0, 0.05) is 6.54 Å². The van der Waals surface area contributed by atoms with E-state index in [1.807, 2.05) is 6.54 Å². The molecule has 1 amide bonds. The van der Waals surface area contributed by atoms with Crippen LogP contribution in [-0.2, 0) is 4.79 Å². The molecule has 1 heterocycles. The molecule has 1 aliphatic rings. The molecule has 0 aromatic rings. The van der Waals surface area contributed by atoms with Gasteiger partial charge in [0.25, 0.3) is 0 Å². The van der Waals surface area contributed by atoms with Crippen LogP contribution in [0, 0.1) is 12.5 Å². The molecule has 0 aliphatic carbocycles. The molecule has 1 unspecified atom stereocenters. The smallest absolute Gasteiger partial charge is 0.210 e. The van der Waals surface area contributed by atoms with Crippen molar-refractivity contribution in [2.75, 3.05) is 6.54 Å². The SMILES string of the molecule is CC1[CH]N(C=O)CCC1. The summed E-state index contributed by atoms with van der Waals surface area (Å²) in [7, 11) is 0. The third-order valence-corrected chi connectivity index (χ3v) is 1.66. The van der Waals surface area contributed by atoms with Gasteiger partial charge in [0.1, 0.15) is 0 Å². The molecular weight excluding hydrogens is 114 g/mol. The maximum Gasteiger partial charge on any atom is 0.210 e. The van der Waals surface area contributed by atoms with Crippen LogP contribution in [0.15, 0.2) is 0 Å². The van der Waals surface area contributed by atoms with Gasteiger partial charge in [0.05, 0.1) is 6.54 Å². The summed E-state index contributed by atoms with van der Waals surface area (Å²) < 4.78 is 0. The molecule has 9 heavy (non-hydrogen) atoms. The third kappa shape index (κ3) is 1.70. The van der Waals surface area contributed by atoms with Crippen LogP contribution in [-0.4, -0.2) is 17.9 Å². The zero-order valence-electron chi connectivity index (χ0n) is 5.71. The first-order chi connectivity index (χ1) is 4.33. The number of nitrogens with zero attached hydrogens (tertiary/aromatic N) is 1. The molecular formula is C7H12NO. The Labute approximate surface area is 55.8 Å². The van der Waals surface area contributed by atoms with Crippen molar-refractivity contribution in [2.24, 2.45) is 5.92 Å². The molecule has 1 fully saturated rings. The summed E-state index contributed by atoms with van der Waals surface area (Å²) in [6.07, 6.45) is 3.27. The Kier molecular flexibility index (Phi) is 2.09. The second kappa shape index (κ2) is 2.85. The van der Waals surface area contributed by atoms with E-state index < -0.39 is 0 Å². The molecule has 0 saturated carbocycles. The van der Waals surface area contributed by atoms with Crippen molar-refractivity contribution in [1.82, 2.24) is 4.90 Å². The quantitative estimate of drug-likeness (QED) is 0.481. The molecule has 1 radical (unpaired) electrons. The number of amides is 1. The fourth-order valence-electron chi connectivity index (χ4n) is 1.16. The number of likely N-dealkylation sites (tertiary alicyclic amines) is 1. The van der Waals surface area contributed by atoms with Crippen LogP contribution in [0.1, 0.15) is 19.8 Å². The molecule has 51 valence electrons. The Morgan fingerprint density at radius 1 is 1.78 bits per heavy atom. The molecule has 0 spiro atoms. The lowest BCUT2D eigenvalue weighted by molar-refractivity contribution is -0.117. The zero-order chi connectivity index (χ0) is 6.69. The van der Waals surface area contributed by atoms with Crippen molar-refractivity contribution in [2.45, 2.75) is 19.8 Å². The molecule has 2 nitrogen and oxygen atoms in total. The summed E-state index contributed by atoms with van der Waals surface area (Å²) in [4.78, 5) is 11.9. The molecule has 0 N–H and O–H groups in total. The van der Waals surface area contributed by atoms with Crippen LogP contribution in [0.5, 0.6) is 0 Å². The molecule has 1 saturated heterocycles. The molecule has 1 atom stereocenters. The Bertz CT molecular complexity index is 103. The van der Waals surface area contributed by atoms with Gasteiger partial charge < -0.3 is 4.90 Å². The van der Waals surface area contributed by atoms with E-state index in [4.69, 9.17) is 0 Å². The first-order valence-electron chi connectivity index (χ1n) is 3.39. The van der Waals surface area contributed by atoms with E-state index in [0.29, 0.717) is 5.92 Å². The highest BCUT2D eigenvalue weighted by Crippen LogP contribution is 2.17. The lowest BCUT2D eigenvalue weighted by Gasteiger charge is -2.26. The number of carbonyl (C=O) groups excluding carboxylic acids is 1. The minimum Gasteiger partial charge on any atom is -0.340 e. The van der Waals surface area contributed by atoms with E-state index in [1.165, 1.54) is 6.42 Å². The van der Waals surface area contributed by atoms with E-state index in [9.17, 15) is 4.79 Å². The Morgan fingerprint density at radius 2 is 2.56 bits per heavy atom. The van der Waals surface area contributed by atoms with Crippen LogP contribution in [0.25, 0.3) is 0 Å². The summed E-state index contributed by atoms with van der Waals surface area (Å²) in [5, 5.41) is 0. The van der Waals surface area contributed by atoms with Crippen LogP contribution in [0.4, 0.5) is 0 Å². The Balaban J connectivity index is 2.31. The average Bonchev–Trinajstić information content (AvgIpc) is 1.88. The third-order valence-electron chi connectivity index (χ3n) is 1.66. The first-order valence-corrected chi connectivity index (χ1v) is 3.39. The standard InChI is InChI=1S/C7H12NO/c1-7-3-2-4-8(5-7)6-9/h5-7H,2-4H2,1H3. The van der Waals surface area contributed by atoms with Crippen molar-refractivity contribution in [1.29, 1.82) is 0 Å². The summed E-state index contributed by atoms with van der Waals surface area (Å²) in [6, 6.07) is 0. The zero-order valence-corrected chi connectivity index (χ0v) is 5.71. The van der Waals surface area contributed by atoms with E-state index in [1.54, 1.807) is 4.90 Å². The number of carbonyl (C=O) groups is 1. The van der Waals surface area contributed by atoms with Crippen molar-refractivity contribution < 1.29 is 4.79 Å². The van der Waals surface area contributed by atoms with Gasteiger partial charge in [-0.1, -0.05) is 6.92 Å². The minimum atomic E-state index is 0.587. The predicted molar refractivity (Wildman–Crippen MR) is 35.5 cm³/mol. The van der Waals surface area contributed by atoms with Gasteiger partial charge in [-0.15, -0.1) is 0 Å². The lowest BCUT2D eigenvalue weighted by atomic mass is 10.0. The normalized spacial score (nSPS) is 28.1. The van der Waals surface area contributed by atoms with Crippen molar-refractivity contribution >= 4 is 6.41 Å². The van der Waals surface area contributed by atoms with Crippen molar-refractivity contribution in [3.8, 4) is 0 Å². The highest BCUT2D eigenvalue weighted by molar-refractivity contribution is 5.48. The number of hydrogen-bond acceptors (Lipinski definition) is 1. The van der Waals surface area contributed by atoms with Gasteiger partial charge in [-0.2, -0.15) is 0 Å². The van der Waals surface area contributed by atoms with E-state index >= 15 is 0 Å². The van der Waals surface area contributed by atoms with Crippen LogP contribution in [0.2, 0.25) is 0 Å². The lowest BCUT2D eigenvalue weighted by Crippen LogP contribution is -2.28. The highest BCUT2D eigenvalue weighted by atomic mass is 16.1. The molecule has 0 aromatic heterocycles. The van der Waals surface area contributed by atoms with Gasteiger partial charge in [-0.3, -0.25) is 4.79 Å². The summed E-state index contributed by atoms with van der Waals surface area (Å²) in [6.45, 7) is 5.04. The number of hydrogen-bond donors (Lipinski definition) is 0. The van der Waals surface area contributed by atoms with Crippen LogP contribution >= 0.6 is 0 Å². The van der Waals surface area contributed by atoms with Crippen LogP contribution in [0.3, 0.4) is 0 Å². The molecule has 1 aliphatic heterocycles. The van der Waals surface area contributed by atoms with Gasteiger partial charge in [-0.05, 0) is 18.8 Å². The van der Waals surface area contributed by atoms with Gasteiger partial charge in [0.15, 0.2) is 0 Å². The number of piperidine rings is 1. The second-order valence-electron chi connectivity index (χ2n) is 2.61. The molecule has 1 rings (SSSR count). The van der Waals surface area contributed by atoms with Crippen LogP contribution < -0.4 is 0 Å². The fraction of sp³-hybridized carbons (Fsp3) is 0.714.